The van der Waals surface area contributed by atoms with Gasteiger partial charge in [0, 0.05) is 37.6 Å². The predicted octanol–water partition coefficient (Wildman–Crippen LogP) is 4.27. The van der Waals surface area contributed by atoms with Gasteiger partial charge in [0.05, 0.1) is 22.3 Å². The molecule has 2 rings (SSSR count). The maximum atomic E-state index is 6.09. The Labute approximate surface area is 180 Å². The zero-order valence-corrected chi connectivity index (χ0v) is 19.3. The van der Waals surface area contributed by atoms with Crippen LogP contribution in [0.25, 0.3) is 0 Å². The van der Waals surface area contributed by atoms with E-state index >= 15 is 0 Å². The maximum absolute atomic E-state index is 6.09. The highest BCUT2D eigenvalue weighted by molar-refractivity contribution is 14.0. The number of halogens is 3. The Bertz CT molecular complexity index is 699. The van der Waals surface area contributed by atoms with Gasteiger partial charge in [0.2, 0.25) is 0 Å². The van der Waals surface area contributed by atoms with E-state index in [2.05, 4.69) is 32.9 Å². The van der Waals surface area contributed by atoms with Gasteiger partial charge in [-0.05, 0) is 19.4 Å². The van der Waals surface area contributed by atoms with Crippen molar-refractivity contribution in [1.82, 2.24) is 20.2 Å². The summed E-state index contributed by atoms with van der Waals surface area (Å²) in [4.78, 5) is 9.16. The number of thiazole rings is 1. The molecule has 0 saturated carbocycles. The molecular weight excluding hydrogens is 492 g/mol. The lowest BCUT2D eigenvalue weighted by Crippen LogP contribution is -2.38. The van der Waals surface area contributed by atoms with E-state index in [9.17, 15) is 0 Å². The predicted molar refractivity (Wildman–Crippen MR) is 119 cm³/mol. The molecule has 0 saturated heterocycles. The quantitative estimate of drug-likeness (QED) is 0.329. The van der Waals surface area contributed by atoms with Gasteiger partial charge in [0.15, 0.2) is 5.96 Å². The Kier molecular flexibility index (Phi) is 10.1. The fourth-order valence-corrected chi connectivity index (χ4v) is 3.37. The van der Waals surface area contributed by atoms with Crippen LogP contribution >= 0.6 is 58.5 Å². The molecule has 9 heteroatoms. The van der Waals surface area contributed by atoms with Crippen LogP contribution in [0.1, 0.15) is 30.2 Å². The summed E-state index contributed by atoms with van der Waals surface area (Å²) in [6.45, 7) is 6.26. The summed E-state index contributed by atoms with van der Waals surface area (Å²) in [5.41, 5.74) is 2.09. The van der Waals surface area contributed by atoms with Crippen LogP contribution in [0.15, 0.2) is 16.4 Å². The zero-order valence-electron chi connectivity index (χ0n) is 14.6. The molecule has 0 aliphatic carbocycles. The minimum atomic E-state index is 0. The summed E-state index contributed by atoms with van der Waals surface area (Å²) < 4.78 is 1.85. The number of guanidine groups is 1. The molecule has 0 aliphatic heterocycles. The van der Waals surface area contributed by atoms with Crippen LogP contribution in [0, 0.1) is 0 Å². The second-order valence-electron chi connectivity index (χ2n) is 5.29. The minimum absolute atomic E-state index is 0. The highest BCUT2D eigenvalue weighted by atomic mass is 127. The Morgan fingerprint density at radius 3 is 2.64 bits per heavy atom. The van der Waals surface area contributed by atoms with Gasteiger partial charge < -0.3 is 15.2 Å². The number of hydrogen-bond donors (Lipinski definition) is 2. The number of aromatic nitrogens is 2. The van der Waals surface area contributed by atoms with Crippen LogP contribution in [0.2, 0.25) is 10.2 Å². The van der Waals surface area contributed by atoms with Crippen molar-refractivity contribution in [1.29, 1.82) is 0 Å². The summed E-state index contributed by atoms with van der Waals surface area (Å²) in [5, 5.41) is 11.0. The smallest absolute Gasteiger partial charge is 0.191 e. The summed E-state index contributed by atoms with van der Waals surface area (Å²) in [5.74, 6) is 0.775. The second-order valence-corrected chi connectivity index (χ2v) is 7.00. The molecule has 0 radical (unpaired) electrons. The Hall–Kier alpha value is -0.510. The van der Waals surface area contributed by atoms with Crippen molar-refractivity contribution < 1.29 is 0 Å². The average molecular weight is 516 g/mol. The first-order chi connectivity index (χ1) is 11.5. The number of nitrogens with zero attached hydrogens (tertiary/aromatic N) is 3. The third-order valence-electron chi connectivity index (χ3n) is 3.53. The van der Waals surface area contributed by atoms with Gasteiger partial charge in [0.1, 0.15) is 5.15 Å². The SMILES string of the molecule is CCNC(=NCc1cc(Cl)c(Cl)n1C)NCCc1csc(CC)n1.I. The topological polar surface area (TPSA) is 54.2 Å². The van der Waals surface area contributed by atoms with Crippen molar-refractivity contribution in [3.8, 4) is 0 Å². The first-order valence-electron chi connectivity index (χ1n) is 8.00. The van der Waals surface area contributed by atoms with Gasteiger partial charge in [-0.2, -0.15) is 0 Å². The molecule has 0 bridgehead atoms. The molecule has 25 heavy (non-hydrogen) atoms. The summed E-state index contributed by atoms with van der Waals surface area (Å²) in [6.07, 6.45) is 1.87. The van der Waals surface area contributed by atoms with E-state index in [1.54, 1.807) is 11.3 Å². The number of rotatable bonds is 7. The van der Waals surface area contributed by atoms with Crippen molar-refractivity contribution >= 4 is 64.5 Å². The lowest BCUT2D eigenvalue weighted by Gasteiger charge is -2.11. The van der Waals surface area contributed by atoms with Crippen LogP contribution in [0.3, 0.4) is 0 Å². The molecular formula is C16H24Cl2IN5S. The molecule has 5 nitrogen and oxygen atoms in total. The van der Waals surface area contributed by atoms with Crippen LogP contribution < -0.4 is 10.6 Å². The van der Waals surface area contributed by atoms with Crippen molar-refractivity contribution in [2.24, 2.45) is 12.0 Å². The first-order valence-corrected chi connectivity index (χ1v) is 9.63. The van der Waals surface area contributed by atoms with E-state index in [0.717, 1.165) is 43.3 Å². The van der Waals surface area contributed by atoms with E-state index in [4.69, 9.17) is 23.2 Å². The number of nitrogens with one attached hydrogen (secondary N) is 2. The Morgan fingerprint density at radius 1 is 1.32 bits per heavy atom. The standard InChI is InChI=1S/C16H23Cl2N5S.HI/c1-4-14-22-11(10-24-14)6-7-20-16(19-5-2)21-9-12-8-13(17)15(18)23(12)3;/h8,10H,4-7,9H2,1-3H3,(H2,19,20,21);1H. The fourth-order valence-electron chi connectivity index (χ4n) is 2.18. The first kappa shape index (κ1) is 22.5. The summed E-state index contributed by atoms with van der Waals surface area (Å²) >= 11 is 13.8. The van der Waals surface area contributed by atoms with E-state index in [1.807, 2.05) is 24.6 Å². The third kappa shape index (κ3) is 6.62. The Balaban J connectivity index is 0.00000312. The molecule has 2 aromatic heterocycles. The van der Waals surface area contributed by atoms with Gasteiger partial charge in [-0.3, -0.25) is 0 Å². The van der Waals surface area contributed by atoms with E-state index in [0.29, 0.717) is 16.7 Å². The van der Waals surface area contributed by atoms with Crippen molar-refractivity contribution in [3.05, 3.63) is 38.0 Å². The van der Waals surface area contributed by atoms with Gasteiger partial charge in [-0.1, -0.05) is 30.1 Å². The molecule has 0 aromatic carbocycles. The van der Waals surface area contributed by atoms with E-state index in [-0.39, 0.29) is 24.0 Å². The molecule has 0 atom stereocenters. The van der Waals surface area contributed by atoms with Crippen molar-refractivity contribution in [2.75, 3.05) is 13.1 Å². The van der Waals surface area contributed by atoms with Crippen LogP contribution in [-0.4, -0.2) is 28.6 Å². The molecule has 0 fully saturated rings. The average Bonchev–Trinajstić information content (AvgIpc) is 3.13. The van der Waals surface area contributed by atoms with Crippen LogP contribution in [-0.2, 0) is 26.4 Å². The van der Waals surface area contributed by atoms with E-state index in [1.165, 1.54) is 5.01 Å². The highest BCUT2D eigenvalue weighted by Crippen LogP contribution is 2.25. The highest BCUT2D eigenvalue weighted by Gasteiger charge is 2.08. The van der Waals surface area contributed by atoms with Gasteiger partial charge in [-0.15, -0.1) is 35.3 Å². The van der Waals surface area contributed by atoms with E-state index < -0.39 is 0 Å². The van der Waals surface area contributed by atoms with Gasteiger partial charge >= 0.3 is 0 Å². The number of aliphatic imine (C=N–C) groups is 1. The summed E-state index contributed by atoms with van der Waals surface area (Å²) in [6, 6.07) is 1.85. The number of hydrogen-bond acceptors (Lipinski definition) is 3. The molecule has 2 aromatic rings. The van der Waals surface area contributed by atoms with Crippen LogP contribution in [0.4, 0.5) is 0 Å². The zero-order chi connectivity index (χ0) is 17.5. The Morgan fingerprint density at radius 2 is 2.08 bits per heavy atom. The van der Waals surface area contributed by atoms with Crippen LogP contribution in [0.5, 0.6) is 0 Å². The maximum Gasteiger partial charge on any atom is 0.191 e. The molecule has 0 unspecified atom stereocenters. The van der Waals surface area contributed by atoms with Gasteiger partial charge in [0.25, 0.3) is 0 Å². The molecule has 2 N–H and O–H groups in total. The number of aryl methyl sites for hydroxylation is 1. The second kappa shape index (κ2) is 11.3. The molecule has 0 amide bonds. The molecule has 140 valence electrons. The lowest BCUT2D eigenvalue weighted by atomic mass is 10.3. The monoisotopic (exact) mass is 515 g/mol. The molecule has 0 spiro atoms. The van der Waals surface area contributed by atoms with Crippen molar-refractivity contribution in [2.45, 2.75) is 33.2 Å². The lowest BCUT2D eigenvalue weighted by molar-refractivity contribution is 0.773. The fraction of sp³-hybridized carbons (Fsp3) is 0.500. The largest absolute Gasteiger partial charge is 0.357 e. The third-order valence-corrected chi connectivity index (χ3v) is 5.42. The van der Waals surface area contributed by atoms with Crippen molar-refractivity contribution in [3.63, 3.8) is 0 Å². The molecule has 0 aliphatic rings. The summed E-state index contributed by atoms with van der Waals surface area (Å²) in [7, 11) is 1.88. The minimum Gasteiger partial charge on any atom is -0.357 e. The normalized spacial score (nSPS) is 11.3. The van der Waals surface area contributed by atoms with Gasteiger partial charge in [-0.25, -0.2) is 9.98 Å². The molecule has 2 heterocycles.